The molecule has 2 aliphatic heterocycles. The number of hydrogen-bond donors (Lipinski definition) is 4. The van der Waals surface area contributed by atoms with E-state index in [2.05, 4.69) is 10.6 Å². The predicted molar refractivity (Wildman–Crippen MR) is 88.0 cm³/mol. The molecule has 1 fully saturated rings. The highest BCUT2D eigenvalue weighted by Gasteiger charge is 2.39. The lowest BCUT2D eigenvalue weighted by Gasteiger charge is -2.37. The van der Waals surface area contributed by atoms with Gasteiger partial charge in [0.2, 0.25) is 5.91 Å². The van der Waals surface area contributed by atoms with Crippen LogP contribution in [0.5, 0.6) is 0 Å². The molecule has 7 heteroatoms. The molecule has 130 valence electrons. The second-order valence-electron chi connectivity index (χ2n) is 6.33. The van der Waals surface area contributed by atoms with Crippen LogP contribution < -0.4 is 10.6 Å². The van der Waals surface area contributed by atoms with Crippen LogP contribution >= 0.6 is 0 Å². The van der Waals surface area contributed by atoms with Gasteiger partial charge in [-0.15, -0.1) is 0 Å². The number of benzene rings is 1. The first-order valence-corrected chi connectivity index (χ1v) is 8.36. The summed E-state index contributed by atoms with van der Waals surface area (Å²) in [6, 6.07) is 4.89. The predicted octanol–water partition coefficient (Wildman–Crippen LogP) is 0.770. The van der Waals surface area contributed by atoms with Gasteiger partial charge in [-0.1, -0.05) is 13.0 Å². The normalized spacial score (nSPS) is 26.4. The number of amides is 2. The maximum absolute atomic E-state index is 12.7. The molecule has 0 aromatic heterocycles. The van der Waals surface area contributed by atoms with Crippen molar-refractivity contribution in [2.75, 3.05) is 5.32 Å². The van der Waals surface area contributed by atoms with Gasteiger partial charge >= 0.3 is 0 Å². The van der Waals surface area contributed by atoms with Gasteiger partial charge in [0.15, 0.2) is 0 Å². The molecule has 0 bridgehead atoms. The lowest BCUT2D eigenvalue weighted by molar-refractivity contribution is -0.116. The molecule has 1 aromatic carbocycles. The molecule has 2 amide bonds. The Morgan fingerprint density at radius 2 is 2.17 bits per heavy atom. The largest absolute Gasteiger partial charge is 0.379 e. The van der Waals surface area contributed by atoms with Crippen LogP contribution in [0, 0.1) is 0 Å². The standard InChI is InChI=1S/C17H23N3O4/c1-2-4-14(21)18-12-6-3-5-10-11(12)9-20(17(10)24)13-7-8-15(22)19-16(13)23/h3,5-6,13,15-16,19,22-23H,2,4,7-9H2,1H3,(H,18,21). The summed E-state index contributed by atoms with van der Waals surface area (Å²) in [5, 5.41) is 25.2. The van der Waals surface area contributed by atoms with Crippen molar-refractivity contribution in [1.82, 2.24) is 10.2 Å². The second kappa shape index (κ2) is 6.88. The van der Waals surface area contributed by atoms with E-state index in [0.717, 1.165) is 12.0 Å². The van der Waals surface area contributed by atoms with Crippen molar-refractivity contribution in [2.45, 2.75) is 57.6 Å². The fourth-order valence-corrected chi connectivity index (χ4v) is 3.38. The Morgan fingerprint density at radius 1 is 1.38 bits per heavy atom. The van der Waals surface area contributed by atoms with E-state index in [1.165, 1.54) is 0 Å². The molecular weight excluding hydrogens is 310 g/mol. The summed E-state index contributed by atoms with van der Waals surface area (Å²) in [5.74, 6) is -0.224. The molecule has 7 nitrogen and oxygen atoms in total. The first-order chi connectivity index (χ1) is 11.5. The van der Waals surface area contributed by atoms with E-state index >= 15 is 0 Å². The number of carbonyl (C=O) groups is 2. The summed E-state index contributed by atoms with van der Waals surface area (Å²) in [7, 11) is 0. The zero-order chi connectivity index (χ0) is 17.3. The summed E-state index contributed by atoms with van der Waals surface area (Å²) >= 11 is 0. The lowest BCUT2D eigenvalue weighted by atomic mass is 10.0. The van der Waals surface area contributed by atoms with Crippen LogP contribution in [-0.4, -0.2) is 45.4 Å². The van der Waals surface area contributed by atoms with Crippen molar-refractivity contribution < 1.29 is 19.8 Å². The zero-order valence-electron chi connectivity index (χ0n) is 13.7. The van der Waals surface area contributed by atoms with E-state index < -0.39 is 18.5 Å². The van der Waals surface area contributed by atoms with Crippen LogP contribution in [0.2, 0.25) is 0 Å². The van der Waals surface area contributed by atoms with Crippen molar-refractivity contribution in [3.8, 4) is 0 Å². The molecule has 0 aliphatic carbocycles. The van der Waals surface area contributed by atoms with Crippen molar-refractivity contribution in [1.29, 1.82) is 0 Å². The Morgan fingerprint density at radius 3 is 2.88 bits per heavy atom. The summed E-state index contributed by atoms with van der Waals surface area (Å²) in [4.78, 5) is 26.2. The van der Waals surface area contributed by atoms with Crippen LogP contribution in [0.4, 0.5) is 5.69 Å². The van der Waals surface area contributed by atoms with Gasteiger partial charge in [0, 0.05) is 29.8 Å². The summed E-state index contributed by atoms with van der Waals surface area (Å²) in [5.41, 5.74) is 1.99. The Bertz CT molecular complexity index is 649. The molecule has 0 radical (unpaired) electrons. The third-order valence-corrected chi connectivity index (χ3v) is 4.61. The Hall–Kier alpha value is -1.96. The van der Waals surface area contributed by atoms with Gasteiger partial charge in [0.05, 0.1) is 6.04 Å². The van der Waals surface area contributed by atoms with Gasteiger partial charge in [0.1, 0.15) is 12.5 Å². The van der Waals surface area contributed by atoms with Gasteiger partial charge in [-0.2, -0.15) is 0 Å². The molecule has 3 atom stereocenters. The quantitative estimate of drug-likeness (QED) is 0.652. The van der Waals surface area contributed by atoms with E-state index in [-0.39, 0.29) is 11.8 Å². The number of hydrogen-bond acceptors (Lipinski definition) is 5. The fourth-order valence-electron chi connectivity index (χ4n) is 3.38. The number of rotatable bonds is 4. The minimum absolute atomic E-state index is 0.0701. The molecule has 2 heterocycles. The van der Waals surface area contributed by atoms with Crippen LogP contribution in [0.15, 0.2) is 18.2 Å². The maximum Gasteiger partial charge on any atom is 0.254 e. The Kier molecular flexibility index (Phi) is 4.84. The third kappa shape index (κ3) is 3.15. The van der Waals surface area contributed by atoms with Crippen molar-refractivity contribution >= 4 is 17.5 Å². The number of aliphatic hydroxyl groups is 2. The first-order valence-electron chi connectivity index (χ1n) is 8.36. The Labute approximate surface area is 140 Å². The van der Waals surface area contributed by atoms with Crippen molar-refractivity contribution in [3.63, 3.8) is 0 Å². The number of nitrogens with zero attached hydrogens (tertiary/aromatic N) is 1. The molecule has 24 heavy (non-hydrogen) atoms. The van der Waals surface area contributed by atoms with E-state index in [0.29, 0.717) is 37.1 Å². The zero-order valence-corrected chi connectivity index (χ0v) is 13.7. The summed E-state index contributed by atoms with van der Waals surface area (Å²) in [6.45, 7) is 2.28. The average molecular weight is 333 g/mol. The minimum atomic E-state index is -0.967. The highest BCUT2D eigenvalue weighted by Crippen LogP contribution is 2.33. The first kappa shape index (κ1) is 16.9. The number of fused-ring (bicyclic) bond motifs is 1. The van der Waals surface area contributed by atoms with Gasteiger partial charge in [-0.25, -0.2) is 0 Å². The van der Waals surface area contributed by atoms with E-state index in [4.69, 9.17) is 0 Å². The van der Waals surface area contributed by atoms with Crippen LogP contribution in [0.1, 0.15) is 48.5 Å². The van der Waals surface area contributed by atoms with E-state index in [9.17, 15) is 19.8 Å². The Balaban J connectivity index is 1.81. The topological polar surface area (TPSA) is 102 Å². The molecule has 4 N–H and O–H groups in total. The number of aliphatic hydroxyl groups excluding tert-OH is 2. The molecule has 2 aliphatic rings. The monoisotopic (exact) mass is 333 g/mol. The third-order valence-electron chi connectivity index (χ3n) is 4.61. The maximum atomic E-state index is 12.7. The molecule has 0 saturated carbocycles. The minimum Gasteiger partial charge on any atom is -0.379 e. The van der Waals surface area contributed by atoms with E-state index in [1.54, 1.807) is 23.1 Å². The van der Waals surface area contributed by atoms with Gasteiger partial charge in [-0.05, 0) is 31.4 Å². The number of piperidine rings is 1. The molecule has 3 rings (SSSR count). The van der Waals surface area contributed by atoms with Crippen LogP contribution in [-0.2, 0) is 11.3 Å². The number of carbonyl (C=O) groups excluding carboxylic acids is 2. The second-order valence-corrected chi connectivity index (χ2v) is 6.33. The van der Waals surface area contributed by atoms with Crippen LogP contribution in [0.3, 0.4) is 0 Å². The highest BCUT2D eigenvalue weighted by atomic mass is 16.3. The lowest BCUT2D eigenvalue weighted by Crippen LogP contribution is -2.56. The average Bonchev–Trinajstić information content (AvgIpc) is 2.86. The number of anilines is 1. The fraction of sp³-hybridized carbons (Fsp3) is 0.529. The van der Waals surface area contributed by atoms with Crippen molar-refractivity contribution in [2.24, 2.45) is 0 Å². The molecule has 3 unspecified atom stereocenters. The van der Waals surface area contributed by atoms with Gasteiger partial charge < -0.3 is 20.4 Å². The van der Waals surface area contributed by atoms with Gasteiger partial charge in [0.25, 0.3) is 5.91 Å². The van der Waals surface area contributed by atoms with E-state index in [1.807, 2.05) is 6.92 Å². The molecular formula is C17H23N3O4. The highest BCUT2D eigenvalue weighted by molar-refractivity contribution is 6.02. The molecule has 1 aromatic rings. The summed E-state index contributed by atoms with van der Waals surface area (Å²) < 4.78 is 0. The SMILES string of the molecule is CCCC(=O)Nc1cccc2c1CN(C1CCC(O)NC1O)C2=O. The van der Waals surface area contributed by atoms with Gasteiger partial charge in [-0.3, -0.25) is 14.9 Å². The summed E-state index contributed by atoms with van der Waals surface area (Å²) in [6.07, 6.45) is 0.470. The van der Waals surface area contributed by atoms with Crippen LogP contribution in [0.25, 0.3) is 0 Å². The molecule has 1 saturated heterocycles. The van der Waals surface area contributed by atoms with Crippen molar-refractivity contribution in [3.05, 3.63) is 29.3 Å². The smallest absolute Gasteiger partial charge is 0.254 e. The molecule has 0 spiro atoms. The number of nitrogens with one attached hydrogen (secondary N) is 2.